The van der Waals surface area contributed by atoms with Crippen LogP contribution in [0, 0.1) is 5.92 Å². The molecule has 20 heavy (non-hydrogen) atoms. The summed E-state index contributed by atoms with van der Waals surface area (Å²) in [7, 11) is 0. The lowest BCUT2D eigenvalue weighted by Gasteiger charge is -2.33. The average molecular weight is 306 g/mol. The predicted molar refractivity (Wildman–Crippen MR) is 92.1 cm³/mol. The fourth-order valence-corrected chi connectivity index (χ4v) is 4.88. The fraction of sp³-hybridized carbons (Fsp3) is 0.562. The topological polar surface area (TPSA) is 24.4 Å². The Balaban J connectivity index is 1.72. The van der Waals surface area contributed by atoms with Gasteiger partial charge in [-0.05, 0) is 43.2 Å². The van der Waals surface area contributed by atoms with Gasteiger partial charge >= 0.3 is 0 Å². The van der Waals surface area contributed by atoms with Crippen LogP contribution in [0.15, 0.2) is 34.2 Å². The molecule has 1 aromatic carbocycles. The van der Waals surface area contributed by atoms with Crippen LogP contribution in [0.2, 0.25) is 0 Å². The molecule has 0 aromatic heterocycles. The molecular weight excluding hydrogens is 284 g/mol. The van der Waals surface area contributed by atoms with Gasteiger partial charge in [0.25, 0.3) is 0 Å². The molecule has 1 aromatic rings. The van der Waals surface area contributed by atoms with E-state index in [1.54, 1.807) is 11.8 Å². The third-order valence-electron chi connectivity index (χ3n) is 4.20. The van der Waals surface area contributed by atoms with Crippen LogP contribution in [0.5, 0.6) is 0 Å². The van der Waals surface area contributed by atoms with Crippen LogP contribution in [0.4, 0.5) is 5.69 Å². The van der Waals surface area contributed by atoms with Crippen molar-refractivity contribution in [1.82, 2.24) is 0 Å². The summed E-state index contributed by atoms with van der Waals surface area (Å²) >= 11 is 3.67. The third-order valence-corrected chi connectivity index (χ3v) is 6.08. The van der Waals surface area contributed by atoms with E-state index in [1.807, 2.05) is 11.8 Å². The zero-order chi connectivity index (χ0) is 14.0. The van der Waals surface area contributed by atoms with Gasteiger partial charge in [-0.15, -0.1) is 11.8 Å². The van der Waals surface area contributed by atoms with Crippen LogP contribution in [0.1, 0.15) is 32.6 Å². The third kappa shape index (κ3) is 3.17. The van der Waals surface area contributed by atoms with E-state index >= 15 is 0 Å². The van der Waals surface area contributed by atoms with Gasteiger partial charge in [0.15, 0.2) is 5.17 Å². The van der Waals surface area contributed by atoms with Crippen molar-refractivity contribution in [2.75, 3.05) is 17.3 Å². The standard InChI is InChI=1S/C16H22N2S2/c1-12-5-4-8-16(10-12)11-20-15(18-16)17-13-6-3-7-14(9-13)19-2/h3,6-7,9,12H,4-5,8,10-11H2,1-2H3,(H,17,18). The van der Waals surface area contributed by atoms with Gasteiger partial charge in [0.1, 0.15) is 0 Å². The summed E-state index contributed by atoms with van der Waals surface area (Å²) < 4.78 is 0. The molecule has 2 nitrogen and oxygen atoms in total. The molecule has 2 aliphatic rings. The summed E-state index contributed by atoms with van der Waals surface area (Å²) in [5.74, 6) is 1.98. The van der Waals surface area contributed by atoms with Crippen molar-refractivity contribution in [3.8, 4) is 0 Å². The molecule has 0 amide bonds. The van der Waals surface area contributed by atoms with Gasteiger partial charge in [-0.1, -0.05) is 37.6 Å². The van der Waals surface area contributed by atoms with Crippen molar-refractivity contribution >= 4 is 34.4 Å². The first-order valence-corrected chi connectivity index (χ1v) is 9.54. The zero-order valence-corrected chi connectivity index (χ0v) is 13.8. The SMILES string of the molecule is CSc1cccc(NC2=NC3(CCCC(C)C3)CS2)c1. The van der Waals surface area contributed by atoms with E-state index in [0.717, 1.165) is 22.5 Å². The van der Waals surface area contributed by atoms with Gasteiger partial charge in [0.05, 0.1) is 5.54 Å². The Morgan fingerprint density at radius 1 is 1.45 bits per heavy atom. The van der Waals surface area contributed by atoms with Crippen molar-refractivity contribution in [2.24, 2.45) is 10.9 Å². The summed E-state index contributed by atoms with van der Waals surface area (Å²) in [5, 5.41) is 4.61. The fourth-order valence-electron chi connectivity index (χ4n) is 3.24. The molecule has 2 unspecified atom stereocenters. The number of aliphatic imine (C=N–C) groups is 1. The van der Waals surface area contributed by atoms with E-state index in [9.17, 15) is 0 Å². The summed E-state index contributed by atoms with van der Waals surface area (Å²) in [6.45, 7) is 2.37. The maximum absolute atomic E-state index is 5.04. The van der Waals surface area contributed by atoms with E-state index in [4.69, 9.17) is 4.99 Å². The normalized spacial score (nSPS) is 29.5. The molecule has 1 saturated carbocycles. The van der Waals surface area contributed by atoms with Gasteiger partial charge in [-0.3, -0.25) is 4.99 Å². The van der Waals surface area contributed by atoms with Crippen LogP contribution >= 0.6 is 23.5 Å². The molecule has 1 N–H and O–H groups in total. The minimum Gasteiger partial charge on any atom is -0.335 e. The lowest BCUT2D eigenvalue weighted by atomic mass is 9.78. The van der Waals surface area contributed by atoms with Crippen LogP contribution in [-0.4, -0.2) is 22.7 Å². The molecule has 2 atom stereocenters. The zero-order valence-electron chi connectivity index (χ0n) is 12.2. The molecule has 4 heteroatoms. The number of hydrogen-bond acceptors (Lipinski definition) is 4. The summed E-state index contributed by atoms with van der Waals surface area (Å²) in [4.78, 5) is 6.33. The van der Waals surface area contributed by atoms with Gasteiger partial charge in [-0.25, -0.2) is 0 Å². The highest BCUT2D eigenvalue weighted by atomic mass is 32.2. The minimum absolute atomic E-state index is 0.224. The first-order chi connectivity index (χ1) is 9.69. The summed E-state index contributed by atoms with van der Waals surface area (Å²) in [6.07, 6.45) is 7.34. The number of anilines is 1. The Labute approximate surface area is 130 Å². The molecule has 1 aliphatic heterocycles. The van der Waals surface area contributed by atoms with Crippen molar-refractivity contribution < 1.29 is 0 Å². The molecular formula is C16H22N2S2. The van der Waals surface area contributed by atoms with E-state index in [-0.39, 0.29) is 5.54 Å². The lowest BCUT2D eigenvalue weighted by molar-refractivity contribution is 0.266. The van der Waals surface area contributed by atoms with Crippen molar-refractivity contribution in [3.05, 3.63) is 24.3 Å². The van der Waals surface area contributed by atoms with Crippen molar-refractivity contribution in [1.29, 1.82) is 0 Å². The number of hydrogen-bond donors (Lipinski definition) is 1. The molecule has 1 spiro atoms. The molecule has 1 aliphatic carbocycles. The van der Waals surface area contributed by atoms with Gasteiger partial charge in [0.2, 0.25) is 0 Å². The number of rotatable bonds is 2. The molecule has 0 radical (unpaired) electrons. The smallest absolute Gasteiger partial charge is 0.161 e. The monoisotopic (exact) mass is 306 g/mol. The summed E-state index contributed by atoms with van der Waals surface area (Å²) in [5.41, 5.74) is 1.38. The maximum Gasteiger partial charge on any atom is 0.161 e. The highest BCUT2D eigenvalue weighted by Crippen LogP contribution is 2.42. The van der Waals surface area contributed by atoms with E-state index in [2.05, 4.69) is 42.8 Å². The van der Waals surface area contributed by atoms with Crippen LogP contribution in [-0.2, 0) is 0 Å². The summed E-state index contributed by atoms with van der Waals surface area (Å²) in [6, 6.07) is 8.57. The molecule has 0 bridgehead atoms. The van der Waals surface area contributed by atoms with Crippen LogP contribution in [0.3, 0.4) is 0 Å². The Hall–Kier alpha value is -0.610. The molecule has 108 valence electrons. The quantitative estimate of drug-likeness (QED) is 0.789. The maximum atomic E-state index is 5.04. The highest BCUT2D eigenvalue weighted by Gasteiger charge is 2.39. The number of amidine groups is 1. The van der Waals surface area contributed by atoms with Crippen LogP contribution < -0.4 is 5.32 Å². The van der Waals surface area contributed by atoms with Gasteiger partial charge in [-0.2, -0.15) is 0 Å². The second-order valence-corrected chi connectivity index (χ2v) is 7.83. The second kappa shape index (κ2) is 6.02. The lowest BCUT2D eigenvalue weighted by Crippen LogP contribution is -2.33. The van der Waals surface area contributed by atoms with Gasteiger partial charge in [0, 0.05) is 16.3 Å². The molecule has 3 rings (SSSR count). The van der Waals surface area contributed by atoms with E-state index in [0.29, 0.717) is 0 Å². The van der Waals surface area contributed by atoms with Crippen molar-refractivity contribution in [3.63, 3.8) is 0 Å². The Bertz CT molecular complexity index is 515. The van der Waals surface area contributed by atoms with E-state index < -0.39 is 0 Å². The number of thioether (sulfide) groups is 2. The number of nitrogens with zero attached hydrogens (tertiary/aromatic N) is 1. The van der Waals surface area contributed by atoms with Crippen LogP contribution in [0.25, 0.3) is 0 Å². The predicted octanol–water partition coefficient (Wildman–Crippen LogP) is 4.87. The minimum atomic E-state index is 0.224. The van der Waals surface area contributed by atoms with E-state index in [1.165, 1.54) is 30.6 Å². The highest BCUT2D eigenvalue weighted by molar-refractivity contribution is 8.14. The average Bonchev–Trinajstić information content (AvgIpc) is 2.81. The molecule has 1 fully saturated rings. The van der Waals surface area contributed by atoms with Crippen molar-refractivity contribution in [2.45, 2.75) is 43.0 Å². The molecule has 0 saturated heterocycles. The molecule has 1 heterocycles. The number of benzene rings is 1. The largest absolute Gasteiger partial charge is 0.335 e. The first kappa shape index (κ1) is 14.3. The number of nitrogens with one attached hydrogen (secondary N) is 1. The Kier molecular flexibility index (Phi) is 4.32. The Morgan fingerprint density at radius 2 is 2.35 bits per heavy atom. The second-order valence-electron chi connectivity index (χ2n) is 5.99. The first-order valence-electron chi connectivity index (χ1n) is 7.33. The van der Waals surface area contributed by atoms with Gasteiger partial charge < -0.3 is 5.32 Å². The Morgan fingerprint density at radius 3 is 3.15 bits per heavy atom.